The molecular weight excluding hydrogens is 385 g/mol. The second-order valence-electron chi connectivity index (χ2n) is 6.03. The van der Waals surface area contributed by atoms with Gasteiger partial charge in [0.25, 0.3) is 0 Å². The summed E-state index contributed by atoms with van der Waals surface area (Å²) in [5.74, 6) is -0.454. The quantitative estimate of drug-likeness (QED) is 0.734. The summed E-state index contributed by atoms with van der Waals surface area (Å²) in [5.41, 5.74) is 0. The molecule has 0 bridgehead atoms. The Morgan fingerprint density at radius 3 is 2.26 bits per heavy atom. The van der Waals surface area contributed by atoms with E-state index in [0.717, 1.165) is 37.4 Å². The van der Waals surface area contributed by atoms with Crippen LogP contribution in [0.15, 0.2) is 47.6 Å². The lowest BCUT2D eigenvalue weighted by molar-refractivity contribution is -0.274. The van der Waals surface area contributed by atoms with Crippen LogP contribution >= 0.6 is 0 Å². The van der Waals surface area contributed by atoms with Crippen molar-refractivity contribution in [1.82, 2.24) is 19.0 Å². The minimum atomic E-state index is -4.81. The third kappa shape index (κ3) is 5.21. The molecule has 7 nitrogen and oxygen atoms in total. The Morgan fingerprint density at radius 1 is 1.04 bits per heavy atom. The number of hydrogen-bond acceptors (Lipinski definition) is 5. The smallest absolute Gasteiger partial charge is 0.406 e. The Balaban J connectivity index is 1.56. The molecule has 2 aromatic rings. The Labute approximate surface area is 155 Å². The number of nitrogens with zero attached hydrogens (tertiary/aromatic N) is 4. The summed E-state index contributed by atoms with van der Waals surface area (Å²) in [5, 5.41) is 4.13. The Morgan fingerprint density at radius 2 is 1.70 bits per heavy atom. The van der Waals surface area contributed by atoms with Gasteiger partial charge in [0, 0.05) is 45.1 Å². The van der Waals surface area contributed by atoms with Crippen LogP contribution in [0, 0.1) is 0 Å². The first-order chi connectivity index (χ1) is 12.7. The van der Waals surface area contributed by atoms with Crippen LogP contribution in [0.5, 0.6) is 5.75 Å². The summed E-state index contributed by atoms with van der Waals surface area (Å²) in [6, 6.07) is 6.10. The molecule has 27 heavy (non-hydrogen) atoms. The number of sulfonamides is 1. The average Bonchev–Trinajstić information content (AvgIpc) is 3.13. The minimum absolute atomic E-state index is 0.0537. The van der Waals surface area contributed by atoms with E-state index in [1.165, 1.54) is 4.31 Å². The van der Waals surface area contributed by atoms with Crippen molar-refractivity contribution >= 4 is 10.0 Å². The van der Waals surface area contributed by atoms with Crippen LogP contribution in [-0.2, 0) is 16.6 Å². The Kier molecular flexibility index (Phi) is 5.72. The van der Waals surface area contributed by atoms with Gasteiger partial charge in [-0.25, -0.2) is 8.42 Å². The van der Waals surface area contributed by atoms with Crippen molar-refractivity contribution in [2.24, 2.45) is 0 Å². The average molecular weight is 404 g/mol. The molecule has 1 aromatic carbocycles. The molecule has 0 saturated carbocycles. The lowest BCUT2D eigenvalue weighted by Crippen LogP contribution is -2.49. The molecule has 0 aliphatic carbocycles. The number of benzene rings is 1. The van der Waals surface area contributed by atoms with Crippen LogP contribution in [0.1, 0.15) is 0 Å². The maximum Gasteiger partial charge on any atom is 0.573 e. The fraction of sp³-hybridized carbons (Fsp3) is 0.438. The maximum atomic E-state index is 12.7. The molecule has 1 aliphatic heterocycles. The summed E-state index contributed by atoms with van der Waals surface area (Å²) in [4.78, 5) is 2.09. The van der Waals surface area contributed by atoms with Gasteiger partial charge < -0.3 is 4.74 Å². The zero-order valence-corrected chi connectivity index (χ0v) is 15.2. The predicted octanol–water partition coefficient (Wildman–Crippen LogP) is 1.79. The van der Waals surface area contributed by atoms with Gasteiger partial charge in [-0.1, -0.05) is 0 Å². The lowest BCUT2D eigenvalue weighted by atomic mass is 10.3. The van der Waals surface area contributed by atoms with Gasteiger partial charge in [-0.2, -0.15) is 9.40 Å². The van der Waals surface area contributed by atoms with Crippen LogP contribution in [-0.4, -0.2) is 66.5 Å². The van der Waals surface area contributed by atoms with E-state index in [9.17, 15) is 21.6 Å². The Bertz CT molecular complexity index is 831. The van der Waals surface area contributed by atoms with Gasteiger partial charge in [0.2, 0.25) is 10.0 Å². The minimum Gasteiger partial charge on any atom is -0.406 e. The van der Waals surface area contributed by atoms with Gasteiger partial charge in [-0.3, -0.25) is 9.58 Å². The zero-order valence-electron chi connectivity index (χ0n) is 14.3. The van der Waals surface area contributed by atoms with Crippen molar-refractivity contribution in [3.8, 4) is 5.75 Å². The number of ether oxygens (including phenoxy) is 1. The third-order valence-electron chi connectivity index (χ3n) is 4.23. The molecule has 148 valence electrons. The number of alkyl halides is 3. The molecule has 11 heteroatoms. The van der Waals surface area contributed by atoms with Gasteiger partial charge in [-0.05, 0) is 30.3 Å². The van der Waals surface area contributed by atoms with Crippen LogP contribution in [0.3, 0.4) is 0 Å². The standard InChI is InChI=1S/C16H19F3N4O3S/c17-16(18,19)26-14-2-4-15(5-3-14)27(24,25)23-12-9-21(10-13-23)8-11-22-7-1-6-20-22/h1-7H,8-13H2. The van der Waals surface area contributed by atoms with Gasteiger partial charge in [0.15, 0.2) is 0 Å². The van der Waals surface area contributed by atoms with Crippen molar-refractivity contribution in [1.29, 1.82) is 0 Å². The van der Waals surface area contributed by atoms with E-state index >= 15 is 0 Å². The number of aromatic nitrogens is 2. The van der Waals surface area contributed by atoms with Crippen molar-refractivity contribution in [3.63, 3.8) is 0 Å². The van der Waals surface area contributed by atoms with E-state index in [-0.39, 0.29) is 4.90 Å². The topological polar surface area (TPSA) is 67.7 Å². The van der Waals surface area contributed by atoms with Crippen LogP contribution in [0.25, 0.3) is 0 Å². The first-order valence-electron chi connectivity index (χ1n) is 8.30. The number of piperazine rings is 1. The first-order valence-corrected chi connectivity index (χ1v) is 9.74. The van der Waals surface area contributed by atoms with Crippen molar-refractivity contribution in [3.05, 3.63) is 42.7 Å². The highest BCUT2D eigenvalue weighted by Gasteiger charge is 2.32. The molecule has 1 aliphatic rings. The van der Waals surface area contributed by atoms with Gasteiger partial charge in [0.05, 0.1) is 11.4 Å². The van der Waals surface area contributed by atoms with Crippen molar-refractivity contribution < 1.29 is 26.3 Å². The normalized spacial score (nSPS) is 17.1. The van der Waals surface area contributed by atoms with Gasteiger partial charge >= 0.3 is 6.36 Å². The maximum absolute atomic E-state index is 12.7. The molecule has 0 spiro atoms. The summed E-state index contributed by atoms with van der Waals surface area (Å²) >= 11 is 0. The van der Waals surface area contributed by atoms with E-state index in [0.29, 0.717) is 26.2 Å². The number of halogens is 3. The van der Waals surface area contributed by atoms with Crippen LogP contribution in [0.2, 0.25) is 0 Å². The molecule has 0 radical (unpaired) electrons. The molecule has 1 aromatic heterocycles. The molecule has 0 N–H and O–H groups in total. The van der Waals surface area contributed by atoms with E-state index in [2.05, 4.69) is 14.7 Å². The summed E-state index contributed by atoms with van der Waals surface area (Å²) in [6.45, 7) is 3.29. The SMILES string of the molecule is O=S(=O)(c1ccc(OC(F)(F)F)cc1)N1CCN(CCn2cccn2)CC1. The van der Waals surface area contributed by atoms with Crippen molar-refractivity contribution in [2.45, 2.75) is 17.8 Å². The molecular formula is C16H19F3N4O3S. The van der Waals surface area contributed by atoms with E-state index in [1.807, 2.05) is 16.9 Å². The van der Waals surface area contributed by atoms with E-state index in [1.54, 1.807) is 6.20 Å². The molecule has 0 amide bonds. The summed E-state index contributed by atoms with van der Waals surface area (Å²) in [6.07, 6.45) is -1.24. The highest BCUT2D eigenvalue weighted by atomic mass is 32.2. The van der Waals surface area contributed by atoms with E-state index < -0.39 is 22.1 Å². The molecule has 1 fully saturated rings. The monoisotopic (exact) mass is 404 g/mol. The predicted molar refractivity (Wildman–Crippen MR) is 90.6 cm³/mol. The van der Waals surface area contributed by atoms with Gasteiger partial charge in [0.1, 0.15) is 5.75 Å². The lowest BCUT2D eigenvalue weighted by Gasteiger charge is -2.33. The number of rotatable bonds is 6. The van der Waals surface area contributed by atoms with Gasteiger partial charge in [-0.15, -0.1) is 13.2 Å². The number of hydrogen-bond donors (Lipinski definition) is 0. The largest absolute Gasteiger partial charge is 0.573 e. The molecule has 0 atom stereocenters. The highest BCUT2D eigenvalue weighted by Crippen LogP contribution is 2.25. The molecule has 0 unspecified atom stereocenters. The van der Waals surface area contributed by atoms with Crippen LogP contribution < -0.4 is 4.74 Å². The third-order valence-corrected chi connectivity index (χ3v) is 6.14. The molecule has 3 rings (SSSR count). The highest BCUT2D eigenvalue weighted by molar-refractivity contribution is 7.89. The second-order valence-corrected chi connectivity index (χ2v) is 7.97. The summed E-state index contributed by atoms with van der Waals surface area (Å²) < 4.78 is 68.8. The fourth-order valence-corrected chi connectivity index (χ4v) is 4.25. The van der Waals surface area contributed by atoms with Crippen LogP contribution in [0.4, 0.5) is 13.2 Å². The fourth-order valence-electron chi connectivity index (χ4n) is 2.83. The zero-order chi connectivity index (χ0) is 19.5. The van der Waals surface area contributed by atoms with Crippen molar-refractivity contribution in [2.75, 3.05) is 32.7 Å². The van der Waals surface area contributed by atoms with E-state index in [4.69, 9.17) is 0 Å². The Hall–Kier alpha value is -2.11. The molecule has 1 saturated heterocycles. The first kappa shape index (κ1) is 19.6. The molecule has 2 heterocycles. The summed E-state index contributed by atoms with van der Waals surface area (Å²) in [7, 11) is -3.75. The second kappa shape index (κ2) is 7.87.